The Labute approximate surface area is 326 Å². The Hall–Kier alpha value is -3.62. The highest BCUT2D eigenvalue weighted by molar-refractivity contribution is 5.90. The number of amides is 4. The first kappa shape index (κ1) is 45.8. The lowest BCUT2D eigenvalue weighted by Crippen LogP contribution is -2.59. The number of hydrogen-bond acceptors (Lipinski definition) is 8. The van der Waals surface area contributed by atoms with Crippen molar-refractivity contribution in [2.24, 2.45) is 29.1 Å². The maximum atomic E-state index is 14.4. The molecule has 310 valence electrons. The van der Waals surface area contributed by atoms with Crippen LogP contribution in [-0.4, -0.2) is 122 Å². The normalized spacial score (nSPS) is 20.6. The van der Waals surface area contributed by atoms with Gasteiger partial charge in [0, 0.05) is 34.2 Å². The molecule has 13 nitrogen and oxygen atoms in total. The molecule has 1 saturated heterocycles. The second kappa shape index (κ2) is 20.0. The van der Waals surface area contributed by atoms with E-state index in [9.17, 15) is 33.5 Å². The van der Waals surface area contributed by atoms with Gasteiger partial charge in [-0.25, -0.2) is 9.18 Å². The number of likely N-dealkylation sites (tertiary alicyclic amines) is 1. The third-order valence-corrected chi connectivity index (χ3v) is 12.0. The van der Waals surface area contributed by atoms with Crippen molar-refractivity contribution < 1.29 is 42.9 Å². The minimum absolute atomic E-state index is 0.00824. The van der Waals surface area contributed by atoms with E-state index in [0.717, 1.165) is 12.8 Å². The first-order chi connectivity index (χ1) is 25.9. The Morgan fingerprint density at radius 2 is 1.58 bits per heavy atom. The molecule has 55 heavy (non-hydrogen) atoms. The van der Waals surface area contributed by atoms with Crippen LogP contribution in [0.2, 0.25) is 0 Å². The maximum Gasteiger partial charge on any atom is 0.326 e. The van der Waals surface area contributed by atoms with Gasteiger partial charge in [-0.2, -0.15) is 0 Å². The second-order valence-corrected chi connectivity index (χ2v) is 16.5. The number of nitrogens with zero attached hydrogens (tertiary/aromatic N) is 2. The lowest BCUT2D eigenvalue weighted by Gasteiger charge is -2.41. The van der Waals surface area contributed by atoms with Crippen molar-refractivity contribution in [2.75, 3.05) is 34.9 Å². The molecule has 1 saturated carbocycles. The summed E-state index contributed by atoms with van der Waals surface area (Å²) in [7, 11) is 6.42. The van der Waals surface area contributed by atoms with Gasteiger partial charge >= 0.3 is 5.97 Å². The van der Waals surface area contributed by atoms with Crippen LogP contribution in [-0.2, 0) is 39.9 Å². The molecule has 1 aromatic carbocycles. The number of carbonyl (C=O) groups excluding carboxylic acids is 4. The molecule has 1 aliphatic carbocycles. The SMILES string of the molecule is CC[C@H](C)[C@@H]([C@@H](CC(=O)N1CC2(CC2)C[C@H]1[C@H](OC)[C@@H](C)C(=O)NC(Cc1ccccc1F)C(=O)O)OC)N(C)C(=O)[C@@H](NC(=O)C(NC)C(C)C)C(C)C. The second-order valence-electron chi connectivity index (χ2n) is 16.5. The van der Waals surface area contributed by atoms with Gasteiger partial charge < -0.3 is 40.3 Å². The molecule has 1 spiro atoms. The van der Waals surface area contributed by atoms with Gasteiger partial charge in [0.2, 0.25) is 23.6 Å². The lowest BCUT2D eigenvalue weighted by atomic mass is 9.89. The van der Waals surface area contributed by atoms with E-state index >= 15 is 0 Å². The molecule has 14 heteroatoms. The van der Waals surface area contributed by atoms with Crippen molar-refractivity contribution in [3.05, 3.63) is 35.6 Å². The molecule has 9 atom stereocenters. The van der Waals surface area contributed by atoms with E-state index in [4.69, 9.17) is 9.47 Å². The number of hydrogen-bond donors (Lipinski definition) is 4. The highest BCUT2D eigenvalue weighted by Gasteiger charge is 2.56. The fraction of sp³-hybridized carbons (Fsp3) is 0.732. The van der Waals surface area contributed by atoms with Gasteiger partial charge in [-0.05, 0) is 61.1 Å². The van der Waals surface area contributed by atoms with Crippen LogP contribution in [0.1, 0.15) is 86.1 Å². The van der Waals surface area contributed by atoms with Crippen molar-refractivity contribution in [3.63, 3.8) is 0 Å². The number of rotatable bonds is 21. The number of halogens is 1. The zero-order valence-corrected chi connectivity index (χ0v) is 34.7. The zero-order chi connectivity index (χ0) is 41.4. The van der Waals surface area contributed by atoms with Crippen LogP contribution in [0.3, 0.4) is 0 Å². The van der Waals surface area contributed by atoms with Crippen LogP contribution in [0.15, 0.2) is 24.3 Å². The Balaban J connectivity index is 1.83. The molecular formula is C41H66FN5O8. The topological polar surface area (TPSA) is 167 Å². The van der Waals surface area contributed by atoms with Gasteiger partial charge in [0.15, 0.2) is 0 Å². The van der Waals surface area contributed by atoms with Crippen LogP contribution < -0.4 is 16.0 Å². The molecule has 0 aromatic heterocycles. The van der Waals surface area contributed by atoms with E-state index in [-0.39, 0.29) is 59.3 Å². The Morgan fingerprint density at radius 1 is 0.964 bits per heavy atom. The van der Waals surface area contributed by atoms with Gasteiger partial charge in [0.1, 0.15) is 17.9 Å². The third kappa shape index (κ3) is 11.3. The Kier molecular flexibility index (Phi) is 16.6. The quantitative estimate of drug-likeness (QED) is 0.146. The fourth-order valence-electron chi connectivity index (χ4n) is 8.20. The molecule has 0 radical (unpaired) electrons. The summed E-state index contributed by atoms with van der Waals surface area (Å²) in [6.07, 6.45) is 1.47. The molecule has 0 bridgehead atoms. The summed E-state index contributed by atoms with van der Waals surface area (Å²) >= 11 is 0. The number of ether oxygens (including phenoxy) is 2. The number of carbonyl (C=O) groups is 5. The summed E-state index contributed by atoms with van der Waals surface area (Å²) in [6, 6.07) is 2.21. The summed E-state index contributed by atoms with van der Waals surface area (Å²) < 4.78 is 26.3. The monoisotopic (exact) mass is 775 g/mol. The maximum absolute atomic E-state index is 14.4. The van der Waals surface area contributed by atoms with E-state index in [1.807, 2.05) is 41.5 Å². The first-order valence-electron chi connectivity index (χ1n) is 19.7. The standard InChI is InChI=1S/C41H66FN5O8/c1-12-25(6)35(46(9)39(51)34(24(4)5)45-38(50)33(43-8)23(2)3)31(54-10)20-32(48)47-22-41(17-18-41)21-30(47)36(55-11)26(7)37(49)44-29(40(52)53)19-27-15-13-14-16-28(27)42/h13-16,23-26,29-31,33-36,43H,12,17-22H2,1-11H3,(H,44,49)(H,45,50)(H,52,53)/t25-,26+,29?,30-,31+,33?,34-,35-,36+/m0/s1. The minimum Gasteiger partial charge on any atom is -0.480 e. The van der Waals surface area contributed by atoms with E-state index in [0.29, 0.717) is 19.4 Å². The van der Waals surface area contributed by atoms with Crippen molar-refractivity contribution in [1.82, 2.24) is 25.8 Å². The number of benzene rings is 1. The molecule has 4 N–H and O–H groups in total. The molecule has 4 amide bonds. The van der Waals surface area contributed by atoms with Gasteiger partial charge in [0.05, 0.1) is 42.7 Å². The van der Waals surface area contributed by atoms with Crippen LogP contribution in [0.5, 0.6) is 0 Å². The average Bonchev–Trinajstić information content (AvgIpc) is 3.79. The van der Waals surface area contributed by atoms with Crippen molar-refractivity contribution in [1.29, 1.82) is 0 Å². The highest BCUT2D eigenvalue weighted by atomic mass is 19.1. The molecule has 1 aromatic rings. The Bertz CT molecular complexity index is 1490. The van der Waals surface area contributed by atoms with Crippen molar-refractivity contribution >= 4 is 29.6 Å². The molecule has 2 aliphatic rings. The molecule has 1 heterocycles. The fourth-order valence-corrected chi connectivity index (χ4v) is 8.20. The smallest absolute Gasteiger partial charge is 0.326 e. The largest absolute Gasteiger partial charge is 0.480 e. The predicted molar refractivity (Wildman–Crippen MR) is 207 cm³/mol. The summed E-state index contributed by atoms with van der Waals surface area (Å²) in [4.78, 5) is 71.0. The summed E-state index contributed by atoms with van der Waals surface area (Å²) in [5, 5.41) is 18.5. The summed E-state index contributed by atoms with van der Waals surface area (Å²) in [6.45, 7) is 13.8. The summed E-state index contributed by atoms with van der Waals surface area (Å²) in [5.41, 5.74) is 0.0833. The van der Waals surface area contributed by atoms with E-state index < -0.39 is 66.0 Å². The number of likely N-dealkylation sites (N-methyl/N-ethyl adjacent to an activating group) is 2. The molecular weight excluding hydrogens is 709 g/mol. The molecule has 3 rings (SSSR count). The van der Waals surface area contributed by atoms with Crippen LogP contribution >= 0.6 is 0 Å². The van der Waals surface area contributed by atoms with Crippen molar-refractivity contribution in [3.8, 4) is 0 Å². The average molecular weight is 776 g/mol. The number of aliphatic carboxylic acids is 1. The number of carboxylic acids is 1. The first-order valence-corrected chi connectivity index (χ1v) is 19.7. The van der Waals surface area contributed by atoms with Crippen LogP contribution in [0.25, 0.3) is 0 Å². The van der Waals surface area contributed by atoms with Gasteiger partial charge in [-0.15, -0.1) is 0 Å². The van der Waals surface area contributed by atoms with E-state index in [1.165, 1.54) is 32.4 Å². The van der Waals surface area contributed by atoms with E-state index in [2.05, 4.69) is 16.0 Å². The highest BCUT2D eigenvalue weighted by Crippen LogP contribution is 2.56. The van der Waals surface area contributed by atoms with Gasteiger partial charge in [-0.1, -0.05) is 73.1 Å². The zero-order valence-electron chi connectivity index (χ0n) is 34.7. The third-order valence-electron chi connectivity index (χ3n) is 12.0. The number of nitrogens with one attached hydrogen (secondary N) is 3. The minimum atomic E-state index is -1.37. The summed E-state index contributed by atoms with van der Waals surface area (Å²) in [5.74, 6) is -4.28. The van der Waals surface area contributed by atoms with Crippen molar-refractivity contribution in [2.45, 2.75) is 129 Å². The molecule has 2 fully saturated rings. The lowest BCUT2D eigenvalue weighted by molar-refractivity contribution is -0.148. The number of methoxy groups -OCH3 is 2. The molecule has 1 aliphatic heterocycles. The molecule has 2 unspecified atom stereocenters. The van der Waals surface area contributed by atoms with E-state index in [1.54, 1.807) is 36.9 Å². The number of carboxylic acid groups (broad SMARTS) is 1. The van der Waals surface area contributed by atoms with Gasteiger partial charge in [0.25, 0.3) is 0 Å². The Morgan fingerprint density at radius 3 is 2.07 bits per heavy atom. The van der Waals surface area contributed by atoms with Crippen LogP contribution in [0, 0.1) is 34.9 Å². The van der Waals surface area contributed by atoms with Crippen LogP contribution in [0.4, 0.5) is 4.39 Å². The predicted octanol–water partition coefficient (Wildman–Crippen LogP) is 3.63. The van der Waals surface area contributed by atoms with Gasteiger partial charge in [-0.3, -0.25) is 19.2 Å².